The van der Waals surface area contributed by atoms with Gasteiger partial charge in [-0.25, -0.2) is 0 Å². The molecule has 13 heavy (non-hydrogen) atoms. The first kappa shape index (κ1) is 10.5. The zero-order chi connectivity index (χ0) is 10.1. The van der Waals surface area contributed by atoms with Crippen molar-refractivity contribution in [1.82, 2.24) is 0 Å². The number of aliphatic hydroxyl groups excluding tert-OH is 1. The molecule has 0 heterocycles. The van der Waals surface area contributed by atoms with E-state index in [1.54, 1.807) is 6.92 Å². The van der Waals surface area contributed by atoms with E-state index in [1.807, 2.05) is 13.8 Å². The van der Waals surface area contributed by atoms with Gasteiger partial charge in [-0.05, 0) is 24.7 Å². The van der Waals surface area contributed by atoms with Crippen LogP contribution in [0.5, 0.6) is 0 Å². The first-order valence-electron chi connectivity index (χ1n) is 4.81. The van der Waals surface area contributed by atoms with E-state index in [0.717, 1.165) is 6.42 Å². The standard InChI is InChI=1S/C10H18O3/c1-4-13-8(11)5-7-6-10(2,3)9(7)12/h7,9,12H,4-6H2,1-3H3/t7-,9+/m0/s1. The van der Waals surface area contributed by atoms with Crippen LogP contribution in [0.25, 0.3) is 0 Å². The number of ether oxygens (including phenoxy) is 1. The first-order chi connectivity index (χ1) is 5.97. The van der Waals surface area contributed by atoms with Crippen LogP contribution in [0.3, 0.4) is 0 Å². The van der Waals surface area contributed by atoms with Crippen LogP contribution in [0.2, 0.25) is 0 Å². The fraction of sp³-hybridized carbons (Fsp3) is 0.900. The number of carbonyl (C=O) groups excluding carboxylic acids is 1. The number of hydrogen-bond donors (Lipinski definition) is 1. The Morgan fingerprint density at radius 3 is 2.62 bits per heavy atom. The van der Waals surface area contributed by atoms with Gasteiger partial charge < -0.3 is 9.84 Å². The van der Waals surface area contributed by atoms with Gasteiger partial charge in [0.1, 0.15) is 0 Å². The predicted molar refractivity (Wildman–Crippen MR) is 49.1 cm³/mol. The second-order valence-electron chi connectivity index (χ2n) is 4.41. The Bertz CT molecular complexity index is 198. The van der Waals surface area contributed by atoms with Gasteiger partial charge in [0.2, 0.25) is 0 Å². The first-order valence-corrected chi connectivity index (χ1v) is 4.81. The van der Waals surface area contributed by atoms with Gasteiger partial charge in [-0.3, -0.25) is 4.79 Å². The van der Waals surface area contributed by atoms with Crippen molar-refractivity contribution < 1.29 is 14.6 Å². The van der Waals surface area contributed by atoms with Gasteiger partial charge in [-0.2, -0.15) is 0 Å². The Morgan fingerprint density at radius 2 is 2.23 bits per heavy atom. The van der Waals surface area contributed by atoms with Crippen molar-refractivity contribution >= 4 is 5.97 Å². The Morgan fingerprint density at radius 1 is 1.62 bits per heavy atom. The molecule has 0 unspecified atom stereocenters. The smallest absolute Gasteiger partial charge is 0.306 e. The molecule has 0 radical (unpaired) electrons. The Balaban J connectivity index is 2.30. The van der Waals surface area contributed by atoms with Crippen LogP contribution in [0.1, 0.15) is 33.6 Å². The molecular formula is C10H18O3. The number of aliphatic hydroxyl groups is 1. The van der Waals surface area contributed by atoms with E-state index in [2.05, 4.69) is 0 Å². The molecule has 0 bridgehead atoms. The monoisotopic (exact) mass is 186 g/mol. The summed E-state index contributed by atoms with van der Waals surface area (Å²) in [4.78, 5) is 11.1. The predicted octanol–water partition coefficient (Wildman–Crippen LogP) is 1.35. The fourth-order valence-corrected chi connectivity index (χ4v) is 2.00. The van der Waals surface area contributed by atoms with Crippen molar-refractivity contribution in [3.05, 3.63) is 0 Å². The number of carbonyl (C=O) groups is 1. The van der Waals surface area contributed by atoms with Crippen molar-refractivity contribution in [3.63, 3.8) is 0 Å². The third-order valence-corrected chi connectivity index (χ3v) is 2.77. The van der Waals surface area contributed by atoms with Crippen molar-refractivity contribution in [1.29, 1.82) is 0 Å². The molecule has 76 valence electrons. The lowest BCUT2D eigenvalue weighted by Gasteiger charge is -2.47. The van der Waals surface area contributed by atoms with Crippen LogP contribution in [-0.2, 0) is 9.53 Å². The van der Waals surface area contributed by atoms with Gasteiger partial charge in [0.25, 0.3) is 0 Å². The zero-order valence-corrected chi connectivity index (χ0v) is 8.54. The Kier molecular flexibility index (Phi) is 2.96. The van der Waals surface area contributed by atoms with E-state index in [-0.39, 0.29) is 23.4 Å². The summed E-state index contributed by atoms with van der Waals surface area (Å²) in [6.45, 7) is 6.24. The minimum atomic E-state index is -0.350. The lowest BCUT2D eigenvalue weighted by Crippen LogP contribution is -2.49. The van der Waals surface area contributed by atoms with E-state index in [9.17, 15) is 9.90 Å². The summed E-state index contributed by atoms with van der Waals surface area (Å²) in [5.74, 6) is -0.0869. The molecule has 1 aliphatic rings. The molecule has 0 amide bonds. The second kappa shape index (κ2) is 3.66. The van der Waals surface area contributed by atoms with Gasteiger partial charge in [0.05, 0.1) is 19.1 Å². The largest absolute Gasteiger partial charge is 0.466 e. The summed E-state index contributed by atoms with van der Waals surface area (Å²) in [5, 5.41) is 9.64. The molecule has 1 saturated carbocycles. The van der Waals surface area contributed by atoms with Crippen LogP contribution in [-0.4, -0.2) is 23.8 Å². The molecule has 0 aromatic carbocycles. The summed E-state index contributed by atoms with van der Waals surface area (Å²) < 4.78 is 4.81. The summed E-state index contributed by atoms with van der Waals surface area (Å²) >= 11 is 0. The highest BCUT2D eigenvalue weighted by molar-refractivity contribution is 5.69. The molecule has 2 atom stereocenters. The molecule has 1 fully saturated rings. The normalized spacial score (nSPS) is 30.8. The Hall–Kier alpha value is -0.570. The van der Waals surface area contributed by atoms with Crippen molar-refractivity contribution in [2.45, 2.75) is 39.7 Å². The van der Waals surface area contributed by atoms with Gasteiger partial charge in [-0.1, -0.05) is 13.8 Å². The van der Waals surface area contributed by atoms with E-state index in [4.69, 9.17) is 4.74 Å². The molecule has 3 nitrogen and oxygen atoms in total. The average molecular weight is 186 g/mol. The number of rotatable bonds is 3. The molecule has 0 aliphatic heterocycles. The average Bonchev–Trinajstić information content (AvgIpc) is 2.03. The SMILES string of the molecule is CCOC(=O)C[C@H]1CC(C)(C)[C@@H]1O. The van der Waals surface area contributed by atoms with E-state index >= 15 is 0 Å². The molecule has 0 aromatic rings. The third kappa shape index (κ3) is 2.21. The number of esters is 1. The minimum absolute atomic E-state index is 0.0167. The van der Waals surface area contributed by atoms with Gasteiger partial charge >= 0.3 is 5.97 Å². The quantitative estimate of drug-likeness (QED) is 0.677. The third-order valence-electron chi connectivity index (χ3n) is 2.77. The maximum absolute atomic E-state index is 11.1. The van der Waals surface area contributed by atoms with E-state index in [1.165, 1.54) is 0 Å². The summed E-state index contributed by atoms with van der Waals surface area (Å²) in [6.07, 6.45) is 0.919. The molecule has 0 spiro atoms. The molecule has 1 rings (SSSR count). The lowest BCUT2D eigenvalue weighted by atomic mass is 9.61. The van der Waals surface area contributed by atoms with E-state index in [0.29, 0.717) is 13.0 Å². The highest BCUT2D eigenvalue weighted by Crippen LogP contribution is 2.46. The maximum Gasteiger partial charge on any atom is 0.306 e. The van der Waals surface area contributed by atoms with Crippen molar-refractivity contribution in [3.8, 4) is 0 Å². The van der Waals surface area contributed by atoms with Crippen LogP contribution in [0.4, 0.5) is 0 Å². The van der Waals surface area contributed by atoms with Crippen LogP contribution in [0.15, 0.2) is 0 Å². The highest BCUT2D eigenvalue weighted by Gasteiger charge is 2.46. The van der Waals surface area contributed by atoms with Crippen LogP contribution >= 0.6 is 0 Å². The minimum Gasteiger partial charge on any atom is -0.466 e. The molecule has 1 aliphatic carbocycles. The summed E-state index contributed by atoms with van der Waals surface area (Å²) in [7, 11) is 0. The number of hydrogen-bond acceptors (Lipinski definition) is 3. The molecular weight excluding hydrogens is 168 g/mol. The Labute approximate surface area is 79.1 Å². The van der Waals surface area contributed by atoms with Crippen molar-refractivity contribution in [2.24, 2.45) is 11.3 Å². The van der Waals surface area contributed by atoms with Gasteiger partial charge in [0, 0.05) is 0 Å². The van der Waals surface area contributed by atoms with E-state index < -0.39 is 0 Å². The topological polar surface area (TPSA) is 46.5 Å². The van der Waals surface area contributed by atoms with Crippen molar-refractivity contribution in [2.75, 3.05) is 6.61 Å². The second-order valence-corrected chi connectivity index (χ2v) is 4.41. The van der Waals surface area contributed by atoms with Gasteiger partial charge in [-0.15, -0.1) is 0 Å². The zero-order valence-electron chi connectivity index (χ0n) is 8.54. The maximum atomic E-state index is 11.1. The molecule has 0 aromatic heterocycles. The van der Waals surface area contributed by atoms with Crippen LogP contribution < -0.4 is 0 Å². The molecule has 3 heteroatoms. The van der Waals surface area contributed by atoms with Crippen LogP contribution in [0, 0.1) is 11.3 Å². The fourth-order valence-electron chi connectivity index (χ4n) is 2.00. The summed E-state index contributed by atoms with van der Waals surface area (Å²) in [5.41, 5.74) is -0.0167. The van der Waals surface area contributed by atoms with Gasteiger partial charge in [0.15, 0.2) is 0 Å². The lowest BCUT2D eigenvalue weighted by molar-refractivity contribution is -0.154. The highest BCUT2D eigenvalue weighted by atomic mass is 16.5. The summed E-state index contributed by atoms with van der Waals surface area (Å²) in [6, 6.07) is 0. The molecule has 0 saturated heterocycles. The molecule has 1 N–H and O–H groups in total.